The Morgan fingerprint density at radius 3 is 2.50 bits per heavy atom. The second-order valence-electron chi connectivity index (χ2n) is 8.27. The monoisotopic (exact) mass is 381 g/mol. The zero-order chi connectivity index (χ0) is 19.6. The first kappa shape index (κ1) is 17.1. The highest BCUT2D eigenvalue weighted by molar-refractivity contribution is 6.23. The van der Waals surface area contributed by atoms with E-state index in [4.69, 9.17) is 0 Å². The first-order chi connectivity index (χ1) is 13.4. The third kappa shape index (κ3) is 2.40. The lowest BCUT2D eigenvalue weighted by molar-refractivity contribution is -0.134. The molecule has 3 aliphatic heterocycles. The highest BCUT2D eigenvalue weighted by Gasteiger charge is 2.49. The molecule has 1 unspecified atom stereocenters. The van der Waals surface area contributed by atoms with Gasteiger partial charge in [-0.25, -0.2) is 0 Å². The third-order valence-corrected chi connectivity index (χ3v) is 6.43. The van der Waals surface area contributed by atoms with Gasteiger partial charge in [-0.05, 0) is 25.0 Å². The molecule has 0 radical (unpaired) electrons. The minimum absolute atomic E-state index is 0.0176. The Bertz CT molecular complexity index is 974. The van der Waals surface area contributed by atoms with Crippen LogP contribution in [0.15, 0.2) is 12.1 Å². The number of fused-ring (bicyclic) bond motifs is 1. The molecule has 0 bridgehead atoms. The number of carbonyl (C=O) groups excluding carboxylic acids is 5. The Kier molecular flexibility index (Phi) is 3.50. The van der Waals surface area contributed by atoms with Crippen LogP contribution in [0.3, 0.4) is 0 Å². The summed E-state index contributed by atoms with van der Waals surface area (Å²) in [4.78, 5) is 62.5. The molecule has 5 rings (SSSR count). The molecular weight excluding hydrogens is 362 g/mol. The molecule has 8 heteroatoms. The summed E-state index contributed by atoms with van der Waals surface area (Å²) >= 11 is 0. The van der Waals surface area contributed by atoms with E-state index in [1.807, 2.05) is 0 Å². The number of nitrogens with one attached hydrogen (secondary N) is 2. The quantitative estimate of drug-likeness (QED) is 0.728. The number of imide groups is 2. The van der Waals surface area contributed by atoms with Gasteiger partial charge in [-0.15, -0.1) is 0 Å². The maximum atomic E-state index is 12.6. The average molecular weight is 381 g/mol. The van der Waals surface area contributed by atoms with Gasteiger partial charge in [0.1, 0.15) is 5.78 Å². The van der Waals surface area contributed by atoms with Crippen LogP contribution in [0, 0.1) is 5.41 Å². The second kappa shape index (κ2) is 5.73. The molecule has 1 atom stereocenters. The van der Waals surface area contributed by atoms with Gasteiger partial charge < -0.3 is 4.90 Å². The van der Waals surface area contributed by atoms with Crippen LogP contribution >= 0.6 is 0 Å². The summed E-state index contributed by atoms with van der Waals surface area (Å²) in [6.07, 6.45) is 2.51. The lowest BCUT2D eigenvalue weighted by Crippen LogP contribution is -2.41. The number of benzene rings is 1. The number of anilines is 1. The third-order valence-electron chi connectivity index (χ3n) is 6.43. The van der Waals surface area contributed by atoms with E-state index in [1.54, 1.807) is 12.1 Å². The number of rotatable bonds is 2. The molecule has 4 amide bonds. The lowest BCUT2D eigenvalue weighted by atomic mass is 9.67. The molecule has 0 aromatic heterocycles. The normalized spacial score (nSPS) is 25.6. The van der Waals surface area contributed by atoms with Crippen molar-refractivity contribution >= 4 is 35.1 Å². The molecule has 2 N–H and O–H groups in total. The molecule has 3 fully saturated rings. The van der Waals surface area contributed by atoms with E-state index >= 15 is 0 Å². The van der Waals surface area contributed by atoms with E-state index in [1.165, 1.54) is 0 Å². The molecule has 144 valence electrons. The lowest BCUT2D eigenvalue weighted by Gasteiger charge is -2.37. The second-order valence-corrected chi connectivity index (χ2v) is 8.27. The molecule has 1 spiro atoms. The van der Waals surface area contributed by atoms with Crippen molar-refractivity contribution in [1.29, 1.82) is 0 Å². The molecule has 1 saturated carbocycles. The maximum absolute atomic E-state index is 12.6. The average Bonchev–Trinajstić information content (AvgIpc) is 3.17. The van der Waals surface area contributed by atoms with Crippen molar-refractivity contribution in [3.8, 4) is 0 Å². The Labute approximate surface area is 160 Å². The van der Waals surface area contributed by atoms with Crippen molar-refractivity contribution in [2.45, 2.75) is 38.0 Å². The van der Waals surface area contributed by atoms with Crippen molar-refractivity contribution in [2.75, 3.05) is 18.0 Å². The fraction of sp³-hybridized carbons (Fsp3) is 0.450. The van der Waals surface area contributed by atoms with Gasteiger partial charge in [0.15, 0.2) is 0 Å². The zero-order valence-corrected chi connectivity index (χ0v) is 15.2. The van der Waals surface area contributed by atoms with Gasteiger partial charge in [0, 0.05) is 49.0 Å². The zero-order valence-electron chi connectivity index (χ0n) is 15.2. The fourth-order valence-electron chi connectivity index (χ4n) is 5.09. The van der Waals surface area contributed by atoms with Crippen LogP contribution in [0.2, 0.25) is 0 Å². The summed E-state index contributed by atoms with van der Waals surface area (Å²) in [6, 6.07) is 3.41. The minimum Gasteiger partial charge on any atom is -0.371 e. The molecule has 28 heavy (non-hydrogen) atoms. The van der Waals surface area contributed by atoms with Crippen LogP contribution in [0.4, 0.5) is 5.69 Å². The van der Waals surface area contributed by atoms with E-state index in [0.29, 0.717) is 31.4 Å². The van der Waals surface area contributed by atoms with Gasteiger partial charge in [-0.1, -0.05) is 0 Å². The van der Waals surface area contributed by atoms with Crippen LogP contribution in [0.1, 0.15) is 64.3 Å². The summed E-state index contributed by atoms with van der Waals surface area (Å²) in [5.41, 5.74) is 1.75. The van der Waals surface area contributed by atoms with Crippen LogP contribution in [-0.2, 0) is 14.4 Å². The largest absolute Gasteiger partial charge is 0.371 e. The first-order valence-corrected chi connectivity index (χ1v) is 9.50. The van der Waals surface area contributed by atoms with E-state index < -0.39 is 23.6 Å². The number of piperidine rings is 1. The van der Waals surface area contributed by atoms with Gasteiger partial charge in [-0.2, -0.15) is 0 Å². The highest BCUT2D eigenvalue weighted by atomic mass is 16.2. The van der Waals surface area contributed by atoms with Gasteiger partial charge in [0.2, 0.25) is 11.8 Å². The first-order valence-electron chi connectivity index (χ1n) is 9.50. The van der Waals surface area contributed by atoms with Gasteiger partial charge >= 0.3 is 0 Å². The SMILES string of the molecule is O=C1CC2(CCN(c3ccc4c(c3C3CCC(=O)NC3=O)C(=O)NC4=O)C2)C1. The Morgan fingerprint density at radius 2 is 1.79 bits per heavy atom. The van der Waals surface area contributed by atoms with Crippen LogP contribution in [-0.4, -0.2) is 42.5 Å². The molecular formula is C20H19N3O5. The van der Waals surface area contributed by atoms with E-state index in [2.05, 4.69) is 15.5 Å². The van der Waals surface area contributed by atoms with E-state index in [0.717, 1.165) is 18.7 Å². The Balaban J connectivity index is 1.60. The molecule has 8 nitrogen and oxygen atoms in total. The highest BCUT2D eigenvalue weighted by Crippen LogP contribution is 2.49. The number of carbonyl (C=O) groups is 5. The van der Waals surface area contributed by atoms with Crippen molar-refractivity contribution in [3.63, 3.8) is 0 Å². The standard InChI is InChI=1S/C20H19N3O5/c24-10-7-20(8-10)5-6-23(9-20)13-3-1-12-16(19(28)22-18(12)27)15(13)11-2-4-14(25)21-17(11)26/h1,3,11H,2,4-9H2,(H,21,25,26)(H,22,27,28). The maximum Gasteiger partial charge on any atom is 0.259 e. The Hall–Kier alpha value is -3.03. The molecule has 2 saturated heterocycles. The van der Waals surface area contributed by atoms with Gasteiger partial charge in [0.25, 0.3) is 11.8 Å². The van der Waals surface area contributed by atoms with Crippen LogP contribution < -0.4 is 15.5 Å². The minimum atomic E-state index is -0.668. The number of ketones is 1. The van der Waals surface area contributed by atoms with Crippen LogP contribution in [0.5, 0.6) is 0 Å². The van der Waals surface area contributed by atoms with Crippen molar-refractivity contribution in [2.24, 2.45) is 5.41 Å². The van der Waals surface area contributed by atoms with Crippen molar-refractivity contribution in [1.82, 2.24) is 10.6 Å². The fourth-order valence-corrected chi connectivity index (χ4v) is 5.09. The van der Waals surface area contributed by atoms with Crippen LogP contribution in [0.25, 0.3) is 0 Å². The number of hydrogen-bond donors (Lipinski definition) is 2. The predicted molar refractivity (Wildman–Crippen MR) is 96.9 cm³/mol. The van der Waals surface area contributed by atoms with E-state index in [-0.39, 0.29) is 34.7 Å². The summed E-state index contributed by atoms with van der Waals surface area (Å²) in [5, 5.41) is 4.66. The molecule has 1 aromatic carbocycles. The van der Waals surface area contributed by atoms with Crippen molar-refractivity contribution < 1.29 is 24.0 Å². The number of hydrogen-bond acceptors (Lipinski definition) is 6. The number of amides is 4. The van der Waals surface area contributed by atoms with Gasteiger partial charge in [-0.3, -0.25) is 34.6 Å². The summed E-state index contributed by atoms with van der Waals surface area (Å²) in [5.74, 6) is -2.14. The topological polar surface area (TPSA) is 113 Å². The summed E-state index contributed by atoms with van der Waals surface area (Å²) < 4.78 is 0. The smallest absolute Gasteiger partial charge is 0.259 e. The van der Waals surface area contributed by atoms with Gasteiger partial charge in [0.05, 0.1) is 17.0 Å². The molecule has 1 aromatic rings. The van der Waals surface area contributed by atoms with E-state index in [9.17, 15) is 24.0 Å². The molecule has 1 aliphatic carbocycles. The molecule has 3 heterocycles. The summed E-state index contributed by atoms with van der Waals surface area (Å²) in [7, 11) is 0. The Morgan fingerprint density at radius 1 is 1.00 bits per heavy atom. The summed E-state index contributed by atoms with van der Waals surface area (Å²) in [6.45, 7) is 1.41. The van der Waals surface area contributed by atoms with Crippen molar-refractivity contribution in [3.05, 3.63) is 28.8 Å². The molecule has 4 aliphatic rings. The number of nitrogens with zero attached hydrogens (tertiary/aromatic N) is 1. The predicted octanol–water partition coefficient (Wildman–Crippen LogP) is 0.650. The number of Topliss-reactive ketones (excluding diaryl/α,β-unsaturated/α-hetero) is 1.